The van der Waals surface area contributed by atoms with Gasteiger partial charge in [0.2, 0.25) is 0 Å². The Bertz CT molecular complexity index is 708. The van der Waals surface area contributed by atoms with Crippen molar-refractivity contribution in [2.45, 2.75) is 31.3 Å². The summed E-state index contributed by atoms with van der Waals surface area (Å²) in [5.74, 6) is 2.66. The lowest BCUT2D eigenvalue weighted by Gasteiger charge is -2.17. The number of benzene rings is 1. The van der Waals surface area contributed by atoms with Crippen LogP contribution in [0.5, 0.6) is 11.5 Å². The van der Waals surface area contributed by atoms with Crippen LogP contribution in [-0.2, 0) is 12.5 Å². The first-order valence-electron chi connectivity index (χ1n) is 7.66. The molecule has 2 rings (SSSR count). The Balaban J connectivity index is 1.97. The van der Waals surface area contributed by atoms with Crippen LogP contribution in [0.1, 0.15) is 37.0 Å². The zero-order valence-electron chi connectivity index (χ0n) is 14.7. The number of para-hydroxylation sites is 1. The fourth-order valence-corrected chi connectivity index (χ4v) is 3.04. The van der Waals surface area contributed by atoms with Gasteiger partial charge >= 0.3 is 0 Å². The Hall–Kier alpha value is -2.02. The van der Waals surface area contributed by atoms with Gasteiger partial charge in [0.1, 0.15) is 5.82 Å². The molecule has 0 fully saturated rings. The molecule has 0 saturated heterocycles. The summed E-state index contributed by atoms with van der Waals surface area (Å²) in [4.78, 5) is 11.1. The van der Waals surface area contributed by atoms with Crippen molar-refractivity contribution in [2.75, 3.05) is 19.5 Å². The van der Waals surface area contributed by atoms with E-state index >= 15 is 0 Å². The molecule has 0 aliphatic carbocycles. The van der Waals surface area contributed by atoms with Gasteiger partial charge in [0.25, 0.3) is 0 Å². The number of rotatable bonds is 7. The zero-order chi connectivity index (χ0) is 17.7. The van der Waals surface area contributed by atoms with Gasteiger partial charge in [-0.15, -0.1) is 10.2 Å². The van der Waals surface area contributed by atoms with Crippen molar-refractivity contribution in [1.82, 2.24) is 14.8 Å². The van der Waals surface area contributed by atoms with Crippen molar-refractivity contribution in [3.8, 4) is 11.5 Å². The van der Waals surface area contributed by atoms with Crippen LogP contribution in [0.15, 0.2) is 23.4 Å². The fourth-order valence-electron chi connectivity index (χ4n) is 2.31. The molecule has 0 unspecified atom stereocenters. The van der Waals surface area contributed by atoms with Crippen LogP contribution in [0.4, 0.5) is 0 Å². The molecule has 0 radical (unpaired) electrons. The van der Waals surface area contributed by atoms with Gasteiger partial charge in [-0.05, 0) is 12.1 Å². The monoisotopic (exact) mass is 349 g/mol. The third-order valence-electron chi connectivity index (χ3n) is 3.42. The number of aldehydes is 1. The Kier molecular flexibility index (Phi) is 5.88. The average Bonchev–Trinajstić information content (AvgIpc) is 2.92. The summed E-state index contributed by atoms with van der Waals surface area (Å²) in [6, 6.07) is 5.24. The highest BCUT2D eigenvalue weighted by molar-refractivity contribution is 7.99. The maximum Gasteiger partial charge on any atom is 0.191 e. The Morgan fingerprint density at radius 3 is 2.62 bits per heavy atom. The molecule has 0 bridgehead atoms. The largest absolute Gasteiger partial charge is 0.493 e. The van der Waals surface area contributed by atoms with E-state index in [2.05, 4.69) is 31.0 Å². The number of carbonyl (C=O) groups is 1. The van der Waals surface area contributed by atoms with Gasteiger partial charge in [0.05, 0.1) is 19.3 Å². The van der Waals surface area contributed by atoms with Crippen LogP contribution in [0.25, 0.3) is 0 Å². The van der Waals surface area contributed by atoms with Gasteiger partial charge < -0.3 is 14.0 Å². The third kappa shape index (κ3) is 4.08. The number of aromatic nitrogens is 3. The van der Waals surface area contributed by atoms with E-state index in [4.69, 9.17) is 9.47 Å². The van der Waals surface area contributed by atoms with Crippen molar-refractivity contribution in [3.05, 3.63) is 29.6 Å². The summed E-state index contributed by atoms with van der Waals surface area (Å²) < 4.78 is 13.0. The SMILES string of the molecule is COc1cccc(C=O)c1OCCSc1nnc(C(C)(C)C)n1C. The normalized spacial score (nSPS) is 11.4. The van der Waals surface area contributed by atoms with Crippen molar-refractivity contribution >= 4 is 18.0 Å². The van der Waals surface area contributed by atoms with Crippen LogP contribution in [0.3, 0.4) is 0 Å². The van der Waals surface area contributed by atoms with E-state index in [0.29, 0.717) is 29.4 Å². The Labute approximate surface area is 146 Å². The lowest BCUT2D eigenvalue weighted by atomic mass is 9.96. The van der Waals surface area contributed by atoms with Crippen molar-refractivity contribution in [2.24, 2.45) is 7.05 Å². The van der Waals surface area contributed by atoms with Crippen molar-refractivity contribution < 1.29 is 14.3 Å². The van der Waals surface area contributed by atoms with Crippen molar-refractivity contribution in [3.63, 3.8) is 0 Å². The van der Waals surface area contributed by atoms with Crippen LogP contribution in [0.2, 0.25) is 0 Å². The second-order valence-corrected chi connectivity index (χ2v) is 7.37. The van der Waals surface area contributed by atoms with E-state index in [-0.39, 0.29) is 5.41 Å². The molecule has 0 aliphatic rings. The maximum absolute atomic E-state index is 11.1. The number of carbonyl (C=O) groups excluding carboxylic acids is 1. The Morgan fingerprint density at radius 1 is 1.29 bits per heavy atom. The molecule has 0 spiro atoms. The van der Waals surface area contributed by atoms with Crippen molar-refractivity contribution in [1.29, 1.82) is 0 Å². The summed E-state index contributed by atoms with van der Waals surface area (Å²) in [6.45, 7) is 6.76. The van der Waals surface area contributed by atoms with E-state index in [1.54, 1.807) is 37.1 Å². The number of thioether (sulfide) groups is 1. The molecule has 0 N–H and O–H groups in total. The molecule has 1 heterocycles. The maximum atomic E-state index is 11.1. The lowest BCUT2D eigenvalue weighted by Crippen LogP contribution is -2.17. The first-order valence-corrected chi connectivity index (χ1v) is 8.64. The smallest absolute Gasteiger partial charge is 0.191 e. The molecular weight excluding hydrogens is 326 g/mol. The molecule has 6 nitrogen and oxygen atoms in total. The van der Waals surface area contributed by atoms with Crippen LogP contribution in [0, 0.1) is 0 Å². The van der Waals surface area contributed by atoms with Crippen LogP contribution in [-0.4, -0.2) is 40.5 Å². The summed E-state index contributed by atoms with van der Waals surface area (Å²) in [6.07, 6.45) is 0.767. The molecule has 1 aromatic carbocycles. The van der Waals surface area contributed by atoms with E-state index < -0.39 is 0 Å². The predicted octanol–water partition coefficient (Wildman–Crippen LogP) is 3.10. The highest BCUT2D eigenvalue weighted by Gasteiger charge is 2.22. The second kappa shape index (κ2) is 7.70. The molecule has 7 heteroatoms. The first kappa shape index (κ1) is 18.3. The molecule has 0 aliphatic heterocycles. The summed E-state index contributed by atoms with van der Waals surface area (Å²) >= 11 is 1.57. The van der Waals surface area contributed by atoms with E-state index in [1.165, 1.54) is 0 Å². The number of hydrogen-bond acceptors (Lipinski definition) is 6. The minimum atomic E-state index is -0.0483. The number of ether oxygens (including phenoxy) is 2. The van der Waals surface area contributed by atoms with Gasteiger partial charge in [-0.2, -0.15) is 0 Å². The van der Waals surface area contributed by atoms with Crippen LogP contribution >= 0.6 is 11.8 Å². The van der Waals surface area contributed by atoms with Crippen LogP contribution < -0.4 is 9.47 Å². The Morgan fingerprint density at radius 2 is 2.04 bits per heavy atom. The molecule has 24 heavy (non-hydrogen) atoms. The van der Waals surface area contributed by atoms with Gasteiger partial charge in [-0.1, -0.05) is 38.6 Å². The molecule has 0 atom stereocenters. The van der Waals surface area contributed by atoms with Gasteiger partial charge in [0, 0.05) is 18.2 Å². The quantitative estimate of drug-likeness (QED) is 0.435. The van der Waals surface area contributed by atoms with Gasteiger partial charge in [0.15, 0.2) is 22.9 Å². The first-order chi connectivity index (χ1) is 11.4. The minimum Gasteiger partial charge on any atom is -0.493 e. The standard InChI is InChI=1S/C17H23N3O3S/c1-17(2,3)15-18-19-16(20(15)4)24-10-9-23-14-12(11-21)7-6-8-13(14)22-5/h6-8,11H,9-10H2,1-5H3. The molecular formula is C17H23N3O3S. The molecule has 130 valence electrons. The highest BCUT2D eigenvalue weighted by atomic mass is 32.2. The fraction of sp³-hybridized carbons (Fsp3) is 0.471. The van der Waals surface area contributed by atoms with E-state index in [1.807, 2.05) is 11.6 Å². The molecule has 1 aromatic heterocycles. The van der Waals surface area contributed by atoms with E-state index in [0.717, 1.165) is 17.3 Å². The molecule has 0 amide bonds. The molecule has 0 saturated carbocycles. The zero-order valence-corrected chi connectivity index (χ0v) is 15.5. The van der Waals surface area contributed by atoms with Gasteiger partial charge in [-0.3, -0.25) is 4.79 Å². The third-order valence-corrected chi connectivity index (χ3v) is 4.41. The van der Waals surface area contributed by atoms with E-state index in [9.17, 15) is 4.79 Å². The number of hydrogen-bond donors (Lipinski definition) is 0. The summed E-state index contributed by atoms with van der Waals surface area (Å²) in [5.41, 5.74) is 0.431. The minimum absolute atomic E-state index is 0.0483. The summed E-state index contributed by atoms with van der Waals surface area (Å²) in [5, 5.41) is 9.34. The summed E-state index contributed by atoms with van der Waals surface area (Å²) in [7, 11) is 3.52. The number of methoxy groups -OCH3 is 1. The average molecular weight is 349 g/mol. The highest BCUT2D eigenvalue weighted by Crippen LogP contribution is 2.30. The lowest BCUT2D eigenvalue weighted by molar-refractivity contribution is 0.111. The molecule has 2 aromatic rings. The number of nitrogens with zero attached hydrogens (tertiary/aromatic N) is 3. The van der Waals surface area contributed by atoms with Gasteiger partial charge in [-0.25, -0.2) is 0 Å². The topological polar surface area (TPSA) is 66.2 Å². The second-order valence-electron chi connectivity index (χ2n) is 6.31. The predicted molar refractivity (Wildman–Crippen MR) is 94.3 cm³/mol.